The Hall–Kier alpha value is -2.56. The number of phenols is 1. The standard InChI is InChI=1S/C32H37N4OS.Pt/c1-30(2,3)21-18-23(26(37)24(19-21)31(4,5)6)28-34-27(35-29(36-28)32(7,8)9)20-13-12-14-22(17-20)38-25-15-10-11-16-33-25;/h10-16,18-19,37H,1-9H3;/q-1;. The SMILES string of the molecule is CC(C)(C)c1cc(-c2nc(-c3[c-]c(Sc4ccccn4)ccc3)nc(C(C)(C)C)n2)c(O)c(C(C)(C)C)c1.[Pt]. The molecule has 2 heterocycles. The molecule has 0 aliphatic heterocycles. The van der Waals surface area contributed by atoms with Gasteiger partial charge in [-0.3, -0.25) is 9.97 Å². The molecule has 0 saturated heterocycles. The zero-order valence-corrected chi connectivity index (χ0v) is 27.2. The Morgan fingerprint density at radius 1 is 0.744 bits per heavy atom. The van der Waals surface area contributed by atoms with Crippen molar-refractivity contribution in [3.63, 3.8) is 0 Å². The molecule has 0 atom stereocenters. The number of phenolic OH excluding ortho intramolecular Hbond substituents is 1. The van der Waals surface area contributed by atoms with Crippen LogP contribution < -0.4 is 0 Å². The summed E-state index contributed by atoms with van der Waals surface area (Å²) < 4.78 is 0. The number of benzene rings is 2. The van der Waals surface area contributed by atoms with E-state index in [1.54, 1.807) is 18.0 Å². The van der Waals surface area contributed by atoms with E-state index in [-0.39, 0.29) is 43.1 Å². The molecule has 0 unspecified atom stereocenters. The Balaban J connectivity index is 0.00000420. The molecule has 0 amide bonds. The molecule has 0 aliphatic rings. The van der Waals surface area contributed by atoms with Gasteiger partial charge in [0, 0.05) is 38.2 Å². The first kappa shape index (κ1) is 31.0. The maximum Gasteiger partial charge on any atom is 0.157 e. The number of pyridine rings is 1. The number of nitrogens with zero attached hydrogens (tertiary/aromatic N) is 4. The summed E-state index contributed by atoms with van der Waals surface area (Å²) >= 11 is 1.54. The van der Waals surface area contributed by atoms with Crippen LogP contribution in [0.25, 0.3) is 22.8 Å². The minimum atomic E-state index is -0.323. The molecule has 7 heteroatoms. The fourth-order valence-corrected chi connectivity index (χ4v) is 4.71. The quantitative estimate of drug-likeness (QED) is 0.215. The smallest absolute Gasteiger partial charge is 0.157 e. The molecule has 4 aromatic rings. The summed E-state index contributed by atoms with van der Waals surface area (Å²) in [7, 11) is 0. The van der Waals surface area contributed by atoms with Gasteiger partial charge in [0.1, 0.15) is 11.6 Å². The molecule has 4 rings (SSSR count). The average Bonchev–Trinajstić information content (AvgIpc) is 2.83. The van der Waals surface area contributed by atoms with Gasteiger partial charge in [0.2, 0.25) is 0 Å². The predicted molar refractivity (Wildman–Crippen MR) is 156 cm³/mol. The predicted octanol–water partition coefficient (Wildman–Crippen LogP) is 8.15. The molecule has 5 nitrogen and oxygen atoms in total. The van der Waals surface area contributed by atoms with Crippen LogP contribution in [-0.2, 0) is 37.3 Å². The summed E-state index contributed by atoms with van der Waals surface area (Å²) in [5, 5.41) is 12.4. The van der Waals surface area contributed by atoms with Crippen molar-refractivity contribution in [2.75, 3.05) is 0 Å². The van der Waals surface area contributed by atoms with Crippen LogP contribution in [-0.4, -0.2) is 25.0 Å². The van der Waals surface area contributed by atoms with Crippen LogP contribution in [0, 0.1) is 6.07 Å². The van der Waals surface area contributed by atoms with Gasteiger partial charge in [0.25, 0.3) is 0 Å². The van der Waals surface area contributed by atoms with Gasteiger partial charge < -0.3 is 5.11 Å². The van der Waals surface area contributed by atoms with Crippen LogP contribution in [0.15, 0.2) is 64.6 Å². The molecule has 2 aromatic carbocycles. The van der Waals surface area contributed by atoms with Crippen LogP contribution in [0.5, 0.6) is 5.75 Å². The maximum absolute atomic E-state index is 11.5. The van der Waals surface area contributed by atoms with Gasteiger partial charge in [-0.25, -0.2) is 9.97 Å². The average molecular weight is 721 g/mol. The maximum atomic E-state index is 11.5. The van der Waals surface area contributed by atoms with Gasteiger partial charge in [-0.1, -0.05) is 91.1 Å². The molecule has 0 saturated carbocycles. The molecular formula is C32H37N4OPtS-. The molecule has 208 valence electrons. The molecule has 39 heavy (non-hydrogen) atoms. The first-order valence-corrected chi connectivity index (χ1v) is 13.7. The second-order valence-electron chi connectivity index (χ2n) is 12.7. The fraction of sp³-hybridized carbons (Fsp3) is 0.375. The first-order chi connectivity index (χ1) is 17.6. The number of rotatable bonds is 4. The third-order valence-corrected chi connectivity index (χ3v) is 7.10. The van der Waals surface area contributed by atoms with Gasteiger partial charge in [-0.05, 0) is 34.6 Å². The van der Waals surface area contributed by atoms with E-state index >= 15 is 0 Å². The Morgan fingerprint density at radius 3 is 2.03 bits per heavy atom. The van der Waals surface area contributed by atoms with E-state index in [1.165, 1.54) is 0 Å². The van der Waals surface area contributed by atoms with Crippen LogP contribution in [0.3, 0.4) is 0 Å². The van der Waals surface area contributed by atoms with Crippen LogP contribution >= 0.6 is 11.8 Å². The number of hydrogen-bond acceptors (Lipinski definition) is 6. The van der Waals surface area contributed by atoms with Crippen molar-refractivity contribution < 1.29 is 26.2 Å². The monoisotopic (exact) mass is 720 g/mol. The van der Waals surface area contributed by atoms with Crippen molar-refractivity contribution in [2.24, 2.45) is 0 Å². The topological polar surface area (TPSA) is 71.8 Å². The van der Waals surface area contributed by atoms with E-state index in [2.05, 4.69) is 79.4 Å². The van der Waals surface area contributed by atoms with Crippen LogP contribution in [0.4, 0.5) is 0 Å². The van der Waals surface area contributed by atoms with E-state index in [1.807, 2.05) is 42.5 Å². The Morgan fingerprint density at radius 2 is 1.44 bits per heavy atom. The second-order valence-corrected chi connectivity index (χ2v) is 13.7. The fourth-order valence-electron chi connectivity index (χ4n) is 3.92. The summed E-state index contributed by atoms with van der Waals surface area (Å²) in [6.07, 6.45) is 1.78. The normalized spacial score (nSPS) is 12.2. The molecule has 2 aromatic heterocycles. The molecule has 1 N–H and O–H groups in total. The molecule has 0 aliphatic carbocycles. The number of aromatic hydroxyl groups is 1. The van der Waals surface area contributed by atoms with Crippen molar-refractivity contribution in [1.29, 1.82) is 0 Å². The van der Waals surface area contributed by atoms with Crippen molar-refractivity contribution in [3.05, 3.63) is 77.7 Å². The summed E-state index contributed by atoms with van der Waals surface area (Å²) in [5.41, 5.74) is 2.69. The largest absolute Gasteiger partial charge is 0.507 e. The number of aromatic nitrogens is 4. The van der Waals surface area contributed by atoms with Crippen molar-refractivity contribution in [2.45, 2.75) is 88.5 Å². The zero-order valence-electron chi connectivity index (χ0n) is 24.2. The Kier molecular flexibility index (Phi) is 9.14. The molecule has 0 radical (unpaired) electrons. The van der Waals surface area contributed by atoms with Crippen molar-refractivity contribution in [1.82, 2.24) is 19.9 Å². The third kappa shape index (κ3) is 7.35. The van der Waals surface area contributed by atoms with Gasteiger partial charge in [-0.2, -0.15) is 0 Å². The van der Waals surface area contributed by atoms with E-state index in [9.17, 15) is 5.11 Å². The van der Waals surface area contributed by atoms with Crippen molar-refractivity contribution in [3.8, 4) is 28.5 Å². The second kappa shape index (κ2) is 11.5. The van der Waals surface area contributed by atoms with Crippen LogP contribution in [0.1, 0.15) is 79.3 Å². The van der Waals surface area contributed by atoms with E-state index in [4.69, 9.17) is 15.0 Å². The zero-order chi connectivity index (χ0) is 27.9. The first-order valence-electron chi connectivity index (χ1n) is 12.9. The summed E-state index contributed by atoms with van der Waals surface area (Å²) in [4.78, 5) is 20.0. The molecule has 0 spiro atoms. The minimum absolute atomic E-state index is 0. The Bertz CT molecular complexity index is 1450. The van der Waals surface area contributed by atoms with Crippen LogP contribution in [0.2, 0.25) is 0 Å². The van der Waals surface area contributed by atoms with Crippen molar-refractivity contribution >= 4 is 11.8 Å². The molecule has 0 fully saturated rings. The summed E-state index contributed by atoms with van der Waals surface area (Å²) in [5.74, 6) is 1.86. The molecule has 0 bridgehead atoms. The van der Waals surface area contributed by atoms with E-state index in [0.29, 0.717) is 23.0 Å². The van der Waals surface area contributed by atoms with E-state index < -0.39 is 0 Å². The minimum Gasteiger partial charge on any atom is -0.507 e. The Labute approximate surface area is 251 Å². The van der Waals surface area contributed by atoms with E-state index in [0.717, 1.165) is 26.6 Å². The summed E-state index contributed by atoms with van der Waals surface area (Å²) in [6, 6.07) is 19.4. The van der Waals surface area contributed by atoms with Gasteiger partial charge in [-0.15, -0.1) is 29.8 Å². The third-order valence-electron chi connectivity index (χ3n) is 6.19. The summed E-state index contributed by atoms with van der Waals surface area (Å²) in [6.45, 7) is 19.1. The van der Waals surface area contributed by atoms with Gasteiger partial charge in [0.05, 0.1) is 16.4 Å². The number of hydrogen-bond donors (Lipinski definition) is 1. The van der Waals surface area contributed by atoms with Gasteiger partial charge >= 0.3 is 0 Å². The van der Waals surface area contributed by atoms with Gasteiger partial charge in [0.15, 0.2) is 5.82 Å². The molecular weight excluding hydrogens is 684 g/mol.